The number of carbonyl (C=O) groups excluding carboxylic acids is 1. The van der Waals surface area contributed by atoms with Gasteiger partial charge < -0.3 is 9.84 Å². The number of aliphatic hydroxyl groups excluding tert-OH is 1. The molecule has 0 saturated heterocycles. The van der Waals surface area contributed by atoms with E-state index < -0.39 is 0 Å². The Kier molecular flexibility index (Phi) is 18.5. The Labute approximate surface area is 153 Å². The summed E-state index contributed by atoms with van der Waals surface area (Å²) in [5.41, 5.74) is 0. The van der Waals surface area contributed by atoms with Crippen LogP contribution in [0.2, 0.25) is 0 Å². The van der Waals surface area contributed by atoms with E-state index in [1.165, 1.54) is 71.3 Å². The molecular weight excluding hydrogens is 320 g/mol. The third kappa shape index (κ3) is 16.4. The van der Waals surface area contributed by atoms with E-state index in [1.54, 1.807) is 11.8 Å². The van der Waals surface area contributed by atoms with E-state index in [0.29, 0.717) is 12.2 Å². The molecule has 0 aliphatic heterocycles. The number of hydrogen-bond acceptors (Lipinski definition) is 4. The van der Waals surface area contributed by atoms with Gasteiger partial charge in [0.1, 0.15) is 0 Å². The number of methoxy groups -OCH3 is 1. The van der Waals surface area contributed by atoms with Crippen LogP contribution < -0.4 is 0 Å². The summed E-state index contributed by atoms with van der Waals surface area (Å²) >= 11 is 1.61. The van der Waals surface area contributed by atoms with Crippen molar-refractivity contribution in [3.05, 3.63) is 12.2 Å². The molecule has 0 heterocycles. The van der Waals surface area contributed by atoms with E-state index in [-0.39, 0.29) is 17.8 Å². The molecule has 0 fully saturated rings. The van der Waals surface area contributed by atoms with E-state index in [1.807, 2.05) is 0 Å². The van der Waals surface area contributed by atoms with Crippen molar-refractivity contribution >= 4 is 17.7 Å². The normalized spacial score (nSPS) is 12.6. The molecular formula is C20H38O3S. The molecule has 0 aliphatic carbocycles. The van der Waals surface area contributed by atoms with Crippen molar-refractivity contribution in [1.29, 1.82) is 0 Å². The van der Waals surface area contributed by atoms with Crippen molar-refractivity contribution < 1.29 is 14.6 Å². The maximum absolute atomic E-state index is 11.0. The summed E-state index contributed by atoms with van der Waals surface area (Å²) < 4.78 is 4.61. The molecule has 1 N–H and O–H groups in total. The average molecular weight is 359 g/mol. The van der Waals surface area contributed by atoms with Gasteiger partial charge in [0.2, 0.25) is 0 Å². The van der Waals surface area contributed by atoms with Gasteiger partial charge in [-0.15, -0.1) is 0 Å². The van der Waals surface area contributed by atoms with Crippen molar-refractivity contribution in [2.24, 2.45) is 0 Å². The Morgan fingerprint density at radius 3 is 2.17 bits per heavy atom. The minimum Gasteiger partial charge on any atom is -0.469 e. The third-order valence-electron chi connectivity index (χ3n) is 4.12. The van der Waals surface area contributed by atoms with Gasteiger partial charge in [-0.2, -0.15) is 11.8 Å². The van der Waals surface area contributed by atoms with Crippen molar-refractivity contribution in [2.45, 2.75) is 89.2 Å². The lowest BCUT2D eigenvalue weighted by atomic mass is 10.1. The Morgan fingerprint density at radius 2 is 1.62 bits per heavy atom. The largest absolute Gasteiger partial charge is 0.469 e. The number of allylic oxidation sites excluding steroid dienone is 1. The smallest absolute Gasteiger partial charge is 0.306 e. The van der Waals surface area contributed by atoms with Crippen LogP contribution in [-0.4, -0.2) is 35.8 Å². The van der Waals surface area contributed by atoms with Gasteiger partial charge in [-0.25, -0.2) is 0 Å². The van der Waals surface area contributed by atoms with Gasteiger partial charge in [0, 0.05) is 11.0 Å². The highest BCUT2D eigenvalue weighted by atomic mass is 32.2. The Balaban J connectivity index is 3.43. The van der Waals surface area contributed by atoms with Crippen LogP contribution in [0.1, 0.15) is 84.0 Å². The highest BCUT2D eigenvalue weighted by Gasteiger charge is 2.06. The average Bonchev–Trinajstić information content (AvgIpc) is 2.60. The molecule has 1 atom stereocenters. The van der Waals surface area contributed by atoms with Crippen LogP contribution in [0.25, 0.3) is 0 Å². The van der Waals surface area contributed by atoms with Gasteiger partial charge in [0.25, 0.3) is 0 Å². The number of thioether (sulfide) groups is 1. The van der Waals surface area contributed by atoms with Gasteiger partial charge in [-0.1, -0.05) is 76.9 Å². The minimum absolute atomic E-state index is 0.0952. The minimum atomic E-state index is -0.187. The first-order valence-corrected chi connectivity index (χ1v) is 10.7. The summed E-state index contributed by atoms with van der Waals surface area (Å²) in [7, 11) is 1.41. The molecule has 0 spiro atoms. The van der Waals surface area contributed by atoms with E-state index in [0.717, 1.165) is 6.42 Å². The number of unbranched alkanes of at least 4 members (excludes halogenated alkanes) is 10. The maximum Gasteiger partial charge on any atom is 0.306 e. The van der Waals surface area contributed by atoms with Crippen molar-refractivity contribution in [3.8, 4) is 0 Å². The molecule has 0 aromatic carbocycles. The van der Waals surface area contributed by atoms with E-state index in [2.05, 4.69) is 23.8 Å². The van der Waals surface area contributed by atoms with Crippen LogP contribution in [0.15, 0.2) is 12.2 Å². The molecule has 0 radical (unpaired) electrons. The summed E-state index contributed by atoms with van der Waals surface area (Å²) in [5.74, 6) is 0.508. The molecule has 3 nitrogen and oxygen atoms in total. The second-order valence-electron chi connectivity index (χ2n) is 6.32. The maximum atomic E-state index is 11.0. The predicted molar refractivity (Wildman–Crippen MR) is 106 cm³/mol. The molecule has 0 saturated carbocycles. The fourth-order valence-electron chi connectivity index (χ4n) is 2.56. The van der Waals surface area contributed by atoms with Crippen LogP contribution in [0.4, 0.5) is 0 Å². The lowest BCUT2D eigenvalue weighted by Crippen LogP contribution is -2.08. The van der Waals surface area contributed by atoms with Crippen LogP contribution in [-0.2, 0) is 9.53 Å². The Bertz CT molecular complexity index is 305. The molecule has 0 aromatic rings. The quantitative estimate of drug-likeness (QED) is 0.211. The summed E-state index contributed by atoms with van der Waals surface area (Å²) in [6.45, 7) is 2.39. The number of ether oxygens (including phenoxy) is 1. The van der Waals surface area contributed by atoms with Gasteiger partial charge in [0.15, 0.2) is 0 Å². The first-order valence-electron chi connectivity index (χ1n) is 9.70. The van der Waals surface area contributed by atoms with Crippen LogP contribution in [0, 0.1) is 0 Å². The zero-order valence-corrected chi connectivity index (χ0v) is 16.6. The van der Waals surface area contributed by atoms with Crippen molar-refractivity contribution in [1.82, 2.24) is 0 Å². The second kappa shape index (κ2) is 18.9. The van der Waals surface area contributed by atoms with E-state index >= 15 is 0 Å². The molecule has 24 heavy (non-hydrogen) atoms. The molecule has 142 valence electrons. The Morgan fingerprint density at radius 1 is 1.04 bits per heavy atom. The summed E-state index contributed by atoms with van der Waals surface area (Å²) in [6, 6.07) is 0. The highest BCUT2D eigenvalue weighted by molar-refractivity contribution is 8.00. The number of esters is 1. The van der Waals surface area contributed by atoms with Gasteiger partial charge in [-0.3, -0.25) is 4.79 Å². The van der Waals surface area contributed by atoms with Gasteiger partial charge in [-0.05, 0) is 12.8 Å². The second-order valence-corrected chi connectivity index (χ2v) is 7.66. The zero-order valence-electron chi connectivity index (χ0n) is 15.8. The number of rotatable bonds is 17. The van der Waals surface area contributed by atoms with Crippen molar-refractivity contribution in [3.63, 3.8) is 0 Å². The van der Waals surface area contributed by atoms with Gasteiger partial charge >= 0.3 is 5.97 Å². The van der Waals surface area contributed by atoms with Crippen LogP contribution in [0.3, 0.4) is 0 Å². The Hall–Kier alpha value is -0.480. The van der Waals surface area contributed by atoms with Crippen LogP contribution >= 0.6 is 11.8 Å². The molecule has 0 aliphatic rings. The third-order valence-corrected chi connectivity index (χ3v) is 5.29. The highest BCUT2D eigenvalue weighted by Crippen LogP contribution is 2.15. The molecule has 4 heteroatoms. The first-order chi connectivity index (χ1) is 11.7. The van der Waals surface area contributed by atoms with E-state index in [9.17, 15) is 9.90 Å². The van der Waals surface area contributed by atoms with Crippen LogP contribution in [0.5, 0.6) is 0 Å². The summed E-state index contributed by atoms with van der Waals surface area (Å²) in [5, 5.41) is 9.43. The van der Waals surface area contributed by atoms with Crippen molar-refractivity contribution in [2.75, 3.05) is 19.5 Å². The fourth-order valence-corrected chi connectivity index (χ4v) is 3.48. The number of hydrogen-bond donors (Lipinski definition) is 1. The SMILES string of the molecule is CCCCCCCCCCCCC=CC(CO)SCCC(=O)OC. The lowest BCUT2D eigenvalue weighted by molar-refractivity contribution is -0.140. The monoisotopic (exact) mass is 358 g/mol. The standard InChI is InChI=1S/C20H38O3S/c1-3-4-5-6-7-8-9-10-11-12-13-14-15-19(18-21)24-17-16-20(22)23-2/h14-15,19,21H,3-13,16-18H2,1-2H3. The first kappa shape index (κ1) is 23.5. The zero-order chi connectivity index (χ0) is 17.9. The molecule has 1 unspecified atom stereocenters. The summed E-state index contributed by atoms with van der Waals surface area (Å²) in [6.07, 6.45) is 19.3. The van der Waals surface area contributed by atoms with E-state index in [4.69, 9.17) is 0 Å². The fraction of sp³-hybridized carbons (Fsp3) is 0.850. The number of aliphatic hydroxyl groups is 1. The molecule has 0 aromatic heterocycles. The van der Waals surface area contributed by atoms with Gasteiger partial charge in [0.05, 0.1) is 20.1 Å². The predicted octanol–water partition coefficient (Wildman–Crippen LogP) is 5.51. The summed E-state index contributed by atoms with van der Waals surface area (Å²) in [4.78, 5) is 11.0. The number of carbonyl (C=O) groups is 1. The molecule has 0 rings (SSSR count). The molecule has 0 bridgehead atoms. The lowest BCUT2D eigenvalue weighted by Gasteiger charge is -2.08. The topological polar surface area (TPSA) is 46.5 Å². The molecule has 0 amide bonds.